The van der Waals surface area contributed by atoms with E-state index in [0.29, 0.717) is 18.8 Å². The Balaban J connectivity index is -0.00000193. The molecule has 0 saturated carbocycles. The number of nitrogens with zero attached hydrogens (tertiary/aromatic N) is 1. The van der Waals surface area contributed by atoms with E-state index in [4.69, 9.17) is 17.7 Å². The molecule has 0 amide bonds. The number of carbonyl (C=O) groups is 1. The van der Waals surface area contributed by atoms with Crippen LogP contribution >= 0.6 is 0 Å². The topological polar surface area (TPSA) is 54.0 Å². The third-order valence-corrected chi connectivity index (χ3v) is 17.5. The smallest absolute Gasteiger partial charge is 0.333 e. The predicted molar refractivity (Wildman–Crippen MR) is 169 cm³/mol. The summed E-state index contributed by atoms with van der Waals surface area (Å²) in [6.07, 6.45) is 5.41. The van der Waals surface area contributed by atoms with Gasteiger partial charge in [0.15, 0.2) is 22.7 Å². The molecule has 0 N–H and O–H groups in total. The molecule has 0 aromatic carbocycles. The Kier molecular flexibility index (Phi) is 24.9. The summed E-state index contributed by atoms with van der Waals surface area (Å²) in [4.78, 5) is 12.2. The molecule has 0 aliphatic rings. The average molecular weight is 661 g/mol. The molecule has 38 heavy (non-hydrogen) atoms. The largest absolute Gasteiger partial charge is 1.00 e. The molecule has 0 spiro atoms. The van der Waals surface area contributed by atoms with Crippen LogP contribution in [0, 0.1) is 0 Å². The number of likely N-dealkylation sites (N-methyl/N-ethyl adjacent to an activating group) is 1. The number of hydrogen-bond acceptors (Lipinski definition) is 5. The zero-order valence-corrected chi connectivity index (χ0v) is 30.0. The van der Waals surface area contributed by atoms with Gasteiger partial charge < -0.3 is 39.2 Å². The molecule has 0 aromatic rings. The Morgan fingerprint density at radius 1 is 0.868 bits per heavy atom. The minimum absolute atomic E-state index is 0. The van der Waals surface area contributed by atoms with E-state index >= 15 is 0 Å². The number of esters is 1. The molecule has 0 radical (unpaired) electrons. The average Bonchev–Trinajstić information content (AvgIpc) is 2.68. The van der Waals surface area contributed by atoms with E-state index in [9.17, 15) is 4.79 Å². The molecule has 1 unspecified atom stereocenters. The summed E-state index contributed by atoms with van der Waals surface area (Å²) in [5, 5.41) is 0. The van der Waals surface area contributed by atoms with Crippen molar-refractivity contribution in [3.8, 4) is 0 Å². The van der Waals surface area contributed by atoms with Gasteiger partial charge in [0.25, 0.3) is 0 Å². The summed E-state index contributed by atoms with van der Waals surface area (Å²) in [6.45, 7) is 26.3. The molecule has 6 nitrogen and oxygen atoms in total. The summed E-state index contributed by atoms with van der Waals surface area (Å²) in [6, 6.07) is 2.22. The molecule has 0 aliphatic carbocycles. The maximum atomic E-state index is 12.2. The van der Waals surface area contributed by atoms with E-state index in [1.807, 2.05) is 0 Å². The van der Waals surface area contributed by atoms with Crippen LogP contribution in [0.15, 0.2) is 12.2 Å². The summed E-state index contributed by atoms with van der Waals surface area (Å²) >= 11 is 0. The molecule has 10 heteroatoms. The predicted octanol–water partition coefficient (Wildman–Crippen LogP) is 4.98. The molecule has 0 fully saturated rings. The minimum Gasteiger partial charge on any atom is -1.00 e. The van der Waals surface area contributed by atoms with E-state index in [1.54, 1.807) is 6.92 Å². The van der Waals surface area contributed by atoms with Gasteiger partial charge >= 0.3 is 14.5 Å². The monoisotopic (exact) mass is 659 g/mol. The highest BCUT2D eigenvalue weighted by atomic mass is 79.9. The highest BCUT2D eigenvalue weighted by Gasteiger charge is 2.39. The molecular weight excluding hydrogens is 594 g/mol. The van der Waals surface area contributed by atoms with E-state index < -0.39 is 25.2 Å². The minimum atomic E-state index is -2.16. The fraction of sp³-hybridized carbons (Fsp3) is 0.893. The van der Waals surface area contributed by atoms with Crippen LogP contribution in [0.25, 0.3) is 0 Å². The van der Waals surface area contributed by atoms with Crippen molar-refractivity contribution >= 4 is 31.2 Å². The highest BCUT2D eigenvalue weighted by Crippen LogP contribution is 2.26. The van der Waals surface area contributed by atoms with Crippen molar-refractivity contribution in [2.45, 2.75) is 125 Å². The van der Waals surface area contributed by atoms with Gasteiger partial charge in [0, 0.05) is 12.2 Å². The van der Waals surface area contributed by atoms with Crippen LogP contribution in [0.3, 0.4) is 0 Å². The SMILES string of the molecule is C.C.C=C(C)C(=O)OC(COCCC[Si](C)(C)O[Si](C)(C)O[Si](C)(C)CCCC)C[N+](C)(C)CCCC.[Br-]. The quantitative estimate of drug-likeness (QED) is 0.0607. The number of hydrogen-bond donors (Lipinski definition) is 0. The number of quaternary nitrogens is 1. The van der Waals surface area contributed by atoms with E-state index in [2.05, 4.69) is 73.8 Å². The van der Waals surface area contributed by atoms with Crippen molar-refractivity contribution in [2.24, 2.45) is 0 Å². The number of ether oxygens (including phenoxy) is 2. The summed E-state index contributed by atoms with van der Waals surface area (Å²) < 4.78 is 25.9. The van der Waals surface area contributed by atoms with E-state index in [1.165, 1.54) is 18.9 Å². The van der Waals surface area contributed by atoms with Crippen LogP contribution in [-0.2, 0) is 22.5 Å². The lowest BCUT2D eigenvalue weighted by atomic mass is 10.2. The van der Waals surface area contributed by atoms with Gasteiger partial charge in [-0.1, -0.05) is 54.5 Å². The van der Waals surface area contributed by atoms with Gasteiger partial charge in [-0.3, -0.25) is 0 Å². The molecule has 0 rings (SSSR count). The number of unbranched alkanes of at least 4 members (excludes halogenated alkanes) is 2. The molecular formula is C28H66BrNO5Si3. The second kappa shape index (κ2) is 21.0. The molecule has 1 atom stereocenters. The Bertz CT molecular complexity index is 646. The maximum Gasteiger partial charge on any atom is 0.333 e. The van der Waals surface area contributed by atoms with E-state index in [-0.39, 0.29) is 43.9 Å². The number of halogens is 1. The normalized spacial score (nSPS) is 13.0. The molecule has 232 valence electrons. The third-order valence-electron chi connectivity index (χ3n) is 5.98. The van der Waals surface area contributed by atoms with Crippen molar-refractivity contribution in [2.75, 3.05) is 40.4 Å². The number of carbonyl (C=O) groups excluding carboxylic acids is 1. The fourth-order valence-corrected chi connectivity index (χ4v) is 18.7. The van der Waals surface area contributed by atoms with Crippen molar-refractivity contribution in [3.05, 3.63) is 12.2 Å². The van der Waals surface area contributed by atoms with Crippen molar-refractivity contribution in [3.63, 3.8) is 0 Å². The molecule has 0 saturated heterocycles. The van der Waals surface area contributed by atoms with Gasteiger partial charge in [0.1, 0.15) is 6.54 Å². The zero-order valence-electron chi connectivity index (χ0n) is 25.4. The lowest BCUT2D eigenvalue weighted by molar-refractivity contribution is -0.893. The maximum absolute atomic E-state index is 12.2. The van der Waals surface area contributed by atoms with Crippen molar-refractivity contribution < 1.29 is 44.0 Å². The first kappa shape index (κ1) is 45.2. The first-order valence-electron chi connectivity index (χ1n) is 13.6. The second-order valence-electron chi connectivity index (χ2n) is 12.4. The first-order valence-corrected chi connectivity index (χ1v) is 22.7. The van der Waals surface area contributed by atoms with Crippen LogP contribution < -0.4 is 17.0 Å². The Morgan fingerprint density at radius 2 is 1.34 bits per heavy atom. The van der Waals surface area contributed by atoms with Gasteiger partial charge in [0.05, 0.1) is 27.2 Å². The Morgan fingerprint density at radius 3 is 1.79 bits per heavy atom. The van der Waals surface area contributed by atoms with Crippen LogP contribution in [-0.4, -0.2) is 82.2 Å². The molecule has 0 heterocycles. The summed E-state index contributed by atoms with van der Waals surface area (Å²) in [5.74, 6) is -0.339. The zero-order chi connectivity index (χ0) is 27.3. The first-order chi connectivity index (χ1) is 15.9. The Hall–Kier alpha value is 0.181. The third kappa shape index (κ3) is 22.9. The van der Waals surface area contributed by atoms with Gasteiger partial charge in [-0.05, 0) is 71.1 Å². The summed E-state index contributed by atoms with van der Waals surface area (Å²) in [7, 11) is -1.34. The van der Waals surface area contributed by atoms with Crippen LogP contribution in [0.2, 0.25) is 51.4 Å². The lowest BCUT2D eigenvalue weighted by Gasteiger charge is -2.38. The highest BCUT2D eigenvalue weighted by molar-refractivity contribution is 6.87. The number of rotatable bonds is 20. The van der Waals surface area contributed by atoms with Crippen LogP contribution in [0.1, 0.15) is 67.7 Å². The standard InChI is InChI=1S/C26H58NO5Si3.2CH4.BrH/c1-13-15-18-27(5,6)22-25(30-26(28)24(3)4)23-29-19-17-21-34(9,10)32-35(11,12)31-33(7,8)20-16-14-2;;;/h25H,3,13-23H2,1-2,4-12H3;2*1H4;1H/q+1;;;/p-1. The van der Waals surface area contributed by atoms with Gasteiger partial charge in [0.2, 0.25) is 0 Å². The van der Waals surface area contributed by atoms with Gasteiger partial charge in [-0.15, -0.1) is 0 Å². The van der Waals surface area contributed by atoms with Crippen LogP contribution in [0.4, 0.5) is 0 Å². The van der Waals surface area contributed by atoms with Gasteiger partial charge in [-0.2, -0.15) is 0 Å². The van der Waals surface area contributed by atoms with Gasteiger partial charge in [-0.25, -0.2) is 4.79 Å². The van der Waals surface area contributed by atoms with Crippen molar-refractivity contribution in [1.82, 2.24) is 0 Å². The van der Waals surface area contributed by atoms with E-state index in [0.717, 1.165) is 42.9 Å². The molecule has 0 aliphatic heterocycles. The second-order valence-corrected chi connectivity index (χ2v) is 24.9. The molecule has 0 aromatic heterocycles. The van der Waals surface area contributed by atoms with Crippen molar-refractivity contribution in [1.29, 1.82) is 0 Å². The molecule has 0 bridgehead atoms. The lowest BCUT2D eigenvalue weighted by Crippen LogP contribution is -3.00. The summed E-state index contributed by atoms with van der Waals surface area (Å²) in [5.41, 5.74) is 0.425. The van der Waals surface area contributed by atoms with Crippen LogP contribution in [0.5, 0.6) is 0 Å². The fourth-order valence-electron chi connectivity index (χ4n) is 4.48. The Labute approximate surface area is 252 Å².